The van der Waals surface area contributed by atoms with E-state index in [0.717, 1.165) is 64.6 Å². The van der Waals surface area contributed by atoms with Crippen LogP contribution >= 0.6 is 0 Å². The zero-order valence-electron chi connectivity index (χ0n) is 14.4. The maximum absolute atomic E-state index is 11.8. The summed E-state index contributed by atoms with van der Waals surface area (Å²) < 4.78 is 17.4. The molecule has 4 nitrogen and oxygen atoms in total. The highest BCUT2D eigenvalue weighted by Crippen LogP contribution is 2.35. The summed E-state index contributed by atoms with van der Waals surface area (Å²) in [5.41, 5.74) is 0. The van der Waals surface area contributed by atoms with Gasteiger partial charge in [0, 0.05) is 12.3 Å². The summed E-state index contributed by atoms with van der Waals surface area (Å²) in [5.74, 6) is 0.112. The number of ether oxygens (including phenoxy) is 3. The summed E-state index contributed by atoms with van der Waals surface area (Å²) in [7, 11) is 0. The van der Waals surface area contributed by atoms with Gasteiger partial charge in [0.2, 0.25) is 0 Å². The third-order valence-electron chi connectivity index (χ3n) is 5.32. The molecule has 2 aliphatic heterocycles. The highest BCUT2D eigenvalue weighted by Gasteiger charge is 2.40. The summed E-state index contributed by atoms with van der Waals surface area (Å²) in [6.07, 6.45) is 8.27. The first-order valence-electron chi connectivity index (χ1n) is 9.10. The van der Waals surface area contributed by atoms with Crippen LogP contribution in [0.15, 0.2) is 0 Å². The monoisotopic (exact) mass is 312 g/mol. The molecule has 0 aromatic rings. The zero-order chi connectivity index (χ0) is 16.0. The molecule has 0 saturated carbocycles. The molecule has 2 heterocycles. The van der Waals surface area contributed by atoms with Gasteiger partial charge in [0.1, 0.15) is 6.10 Å². The van der Waals surface area contributed by atoms with Crippen LogP contribution in [-0.4, -0.2) is 31.1 Å². The van der Waals surface area contributed by atoms with Crippen LogP contribution in [-0.2, 0) is 19.0 Å². The Bertz CT molecular complexity index is 347. The van der Waals surface area contributed by atoms with E-state index in [0.29, 0.717) is 5.92 Å². The molecule has 2 rings (SSSR count). The van der Waals surface area contributed by atoms with E-state index in [1.54, 1.807) is 0 Å². The third kappa shape index (κ3) is 4.23. The lowest BCUT2D eigenvalue weighted by Gasteiger charge is -2.31. The van der Waals surface area contributed by atoms with Gasteiger partial charge in [-0.15, -0.1) is 0 Å². The summed E-state index contributed by atoms with van der Waals surface area (Å²) in [5, 5.41) is 0. The van der Waals surface area contributed by atoms with E-state index in [1.807, 2.05) is 6.92 Å². The Kier molecular flexibility index (Phi) is 6.69. The van der Waals surface area contributed by atoms with Gasteiger partial charge in [-0.1, -0.05) is 20.3 Å². The largest absolute Gasteiger partial charge is 0.462 e. The second kappa shape index (κ2) is 8.30. The van der Waals surface area contributed by atoms with Crippen molar-refractivity contribution in [1.82, 2.24) is 0 Å². The van der Waals surface area contributed by atoms with Crippen LogP contribution < -0.4 is 0 Å². The first-order chi connectivity index (χ1) is 10.6. The van der Waals surface area contributed by atoms with Crippen LogP contribution in [0.5, 0.6) is 0 Å². The number of unbranched alkanes of at least 4 members (excludes halogenated alkanes) is 1. The van der Waals surface area contributed by atoms with Crippen LogP contribution in [0.1, 0.15) is 72.1 Å². The molecule has 2 aliphatic rings. The van der Waals surface area contributed by atoms with Crippen molar-refractivity contribution in [3.63, 3.8) is 0 Å². The predicted octanol–water partition coefficient (Wildman–Crippen LogP) is 4.07. The van der Waals surface area contributed by atoms with Crippen molar-refractivity contribution < 1.29 is 19.0 Å². The van der Waals surface area contributed by atoms with Crippen molar-refractivity contribution in [3.8, 4) is 0 Å². The molecule has 2 fully saturated rings. The number of carbonyl (C=O) groups excluding carboxylic acids is 1. The van der Waals surface area contributed by atoms with E-state index in [2.05, 4.69) is 13.8 Å². The average molecular weight is 312 g/mol. The highest BCUT2D eigenvalue weighted by molar-refractivity contribution is 5.75. The Morgan fingerprint density at radius 1 is 1.14 bits per heavy atom. The van der Waals surface area contributed by atoms with Gasteiger partial charge in [0.05, 0.1) is 19.1 Å². The van der Waals surface area contributed by atoms with Crippen LogP contribution in [0.2, 0.25) is 0 Å². The number of cyclic esters (lactones) is 1. The molecule has 2 saturated heterocycles. The molecule has 3 atom stereocenters. The van der Waals surface area contributed by atoms with E-state index < -0.39 is 0 Å². The number of rotatable bonds is 7. The molecule has 0 aromatic carbocycles. The molecule has 22 heavy (non-hydrogen) atoms. The maximum Gasteiger partial charge on any atom is 0.309 e. The maximum atomic E-state index is 11.8. The minimum absolute atomic E-state index is 0.000429. The van der Waals surface area contributed by atoms with Crippen molar-refractivity contribution in [2.45, 2.75) is 84.0 Å². The fraction of sp³-hybridized carbons (Fsp3) is 0.944. The minimum Gasteiger partial charge on any atom is -0.462 e. The van der Waals surface area contributed by atoms with E-state index in [1.165, 1.54) is 0 Å². The fourth-order valence-electron chi connectivity index (χ4n) is 3.83. The Balaban J connectivity index is 1.77. The number of carbonyl (C=O) groups is 1. The predicted molar refractivity (Wildman–Crippen MR) is 85.5 cm³/mol. The molecule has 3 unspecified atom stereocenters. The zero-order valence-corrected chi connectivity index (χ0v) is 14.4. The Hall–Kier alpha value is -0.610. The number of hydrogen-bond donors (Lipinski definition) is 0. The second-order valence-electron chi connectivity index (χ2n) is 6.73. The number of esters is 1. The molecular weight excluding hydrogens is 280 g/mol. The van der Waals surface area contributed by atoms with Crippen molar-refractivity contribution in [1.29, 1.82) is 0 Å². The van der Waals surface area contributed by atoms with E-state index in [-0.39, 0.29) is 23.8 Å². The van der Waals surface area contributed by atoms with Crippen molar-refractivity contribution in [2.24, 2.45) is 11.8 Å². The lowest BCUT2D eigenvalue weighted by Crippen LogP contribution is -2.34. The van der Waals surface area contributed by atoms with E-state index >= 15 is 0 Å². The molecule has 4 heteroatoms. The molecule has 0 bridgehead atoms. The molecule has 0 spiro atoms. The lowest BCUT2D eigenvalue weighted by molar-refractivity contribution is -0.231. The van der Waals surface area contributed by atoms with Gasteiger partial charge in [-0.2, -0.15) is 0 Å². The summed E-state index contributed by atoms with van der Waals surface area (Å²) in [6, 6.07) is 0. The first-order valence-corrected chi connectivity index (χ1v) is 9.10. The fourth-order valence-corrected chi connectivity index (χ4v) is 3.83. The van der Waals surface area contributed by atoms with Gasteiger partial charge < -0.3 is 14.2 Å². The van der Waals surface area contributed by atoms with Crippen molar-refractivity contribution >= 4 is 5.97 Å². The minimum atomic E-state index is -0.367. The molecular formula is C18H32O4. The topological polar surface area (TPSA) is 44.8 Å². The molecule has 0 amide bonds. The van der Waals surface area contributed by atoms with Gasteiger partial charge in [-0.25, -0.2) is 0 Å². The van der Waals surface area contributed by atoms with Crippen LogP contribution in [0, 0.1) is 11.8 Å². The van der Waals surface area contributed by atoms with Gasteiger partial charge in [-0.05, 0) is 45.4 Å². The standard InChI is InChI=1S/C18H32O4/c1-4-15-16(14(3)22-17(15)19)10-6-7-11-18(5-2)20-12-8-9-13-21-18/h14-16H,4-13H2,1-3H3. The summed E-state index contributed by atoms with van der Waals surface area (Å²) in [6.45, 7) is 7.88. The van der Waals surface area contributed by atoms with Crippen LogP contribution in [0.3, 0.4) is 0 Å². The van der Waals surface area contributed by atoms with Gasteiger partial charge in [0.15, 0.2) is 5.79 Å². The SMILES string of the molecule is CCC1C(=O)OC(C)C1CCCCC1(CC)OCCCCO1. The Labute approximate surface area is 134 Å². The smallest absolute Gasteiger partial charge is 0.309 e. The van der Waals surface area contributed by atoms with Crippen molar-refractivity contribution in [3.05, 3.63) is 0 Å². The quantitative estimate of drug-likeness (QED) is 0.525. The van der Waals surface area contributed by atoms with Gasteiger partial charge in [0.25, 0.3) is 0 Å². The van der Waals surface area contributed by atoms with Crippen LogP contribution in [0.25, 0.3) is 0 Å². The van der Waals surface area contributed by atoms with Gasteiger partial charge in [-0.3, -0.25) is 4.79 Å². The van der Waals surface area contributed by atoms with Crippen LogP contribution in [0.4, 0.5) is 0 Å². The summed E-state index contributed by atoms with van der Waals surface area (Å²) in [4.78, 5) is 11.8. The first kappa shape index (κ1) is 17.7. The Morgan fingerprint density at radius 2 is 1.82 bits per heavy atom. The Morgan fingerprint density at radius 3 is 2.41 bits per heavy atom. The highest BCUT2D eigenvalue weighted by atomic mass is 16.7. The van der Waals surface area contributed by atoms with E-state index in [4.69, 9.17) is 14.2 Å². The normalized spacial score (nSPS) is 31.8. The molecule has 0 radical (unpaired) electrons. The van der Waals surface area contributed by atoms with E-state index in [9.17, 15) is 4.79 Å². The van der Waals surface area contributed by atoms with Crippen molar-refractivity contribution in [2.75, 3.05) is 13.2 Å². The average Bonchev–Trinajstić information content (AvgIpc) is 2.69. The molecule has 128 valence electrons. The molecule has 0 aliphatic carbocycles. The summed E-state index contributed by atoms with van der Waals surface area (Å²) >= 11 is 0. The number of hydrogen-bond acceptors (Lipinski definition) is 4. The third-order valence-corrected chi connectivity index (χ3v) is 5.32. The van der Waals surface area contributed by atoms with Gasteiger partial charge >= 0.3 is 5.97 Å². The second-order valence-corrected chi connectivity index (χ2v) is 6.73. The lowest BCUT2D eigenvalue weighted by atomic mass is 9.84. The molecule has 0 aromatic heterocycles. The molecule has 0 N–H and O–H groups in total.